The molecular formula is C23H30N4O5. The van der Waals surface area contributed by atoms with E-state index in [-0.39, 0.29) is 31.1 Å². The summed E-state index contributed by atoms with van der Waals surface area (Å²) < 4.78 is 5.45. The van der Waals surface area contributed by atoms with Gasteiger partial charge in [-0.05, 0) is 45.4 Å². The van der Waals surface area contributed by atoms with Crippen LogP contribution in [0.5, 0.6) is 0 Å². The third-order valence-electron chi connectivity index (χ3n) is 4.45. The van der Waals surface area contributed by atoms with E-state index in [1.807, 2.05) is 39.8 Å². The Labute approximate surface area is 187 Å². The average molecular weight is 443 g/mol. The Bertz CT molecular complexity index is 955. The van der Waals surface area contributed by atoms with Crippen LogP contribution in [0.4, 0.5) is 21.9 Å². The summed E-state index contributed by atoms with van der Waals surface area (Å²) in [5.74, 6) is -0.246. The van der Waals surface area contributed by atoms with Gasteiger partial charge in [-0.1, -0.05) is 30.3 Å². The lowest BCUT2D eigenvalue weighted by atomic mass is 10.1. The van der Waals surface area contributed by atoms with Gasteiger partial charge in [-0.2, -0.15) is 0 Å². The van der Waals surface area contributed by atoms with Crippen LogP contribution >= 0.6 is 0 Å². The summed E-state index contributed by atoms with van der Waals surface area (Å²) in [5.41, 5.74) is 1.10. The van der Waals surface area contributed by atoms with Crippen molar-refractivity contribution in [1.82, 2.24) is 4.90 Å². The second-order valence-electron chi connectivity index (χ2n) is 8.15. The normalized spacial score (nSPS) is 10.9. The Morgan fingerprint density at radius 1 is 1.06 bits per heavy atom. The van der Waals surface area contributed by atoms with E-state index in [0.717, 1.165) is 5.56 Å². The first-order valence-corrected chi connectivity index (χ1v) is 10.4. The lowest BCUT2D eigenvalue weighted by Crippen LogP contribution is -2.36. The van der Waals surface area contributed by atoms with E-state index in [0.29, 0.717) is 17.9 Å². The van der Waals surface area contributed by atoms with Gasteiger partial charge < -0.3 is 20.3 Å². The fraction of sp³-hybridized carbons (Fsp3) is 0.391. The van der Waals surface area contributed by atoms with Crippen LogP contribution in [0.2, 0.25) is 0 Å². The molecule has 0 saturated carbocycles. The highest BCUT2D eigenvalue weighted by Gasteiger charge is 2.22. The minimum atomic E-state index is -0.598. The Morgan fingerprint density at radius 3 is 2.31 bits per heavy atom. The topological polar surface area (TPSA) is 114 Å². The van der Waals surface area contributed by atoms with Crippen LogP contribution in [0.25, 0.3) is 0 Å². The maximum Gasteiger partial charge on any atom is 0.410 e. The highest BCUT2D eigenvalue weighted by molar-refractivity contribution is 5.91. The minimum Gasteiger partial charge on any atom is -0.444 e. The van der Waals surface area contributed by atoms with Gasteiger partial charge in [-0.3, -0.25) is 14.9 Å². The Morgan fingerprint density at radius 2 is 1.69 bits per heavy atom. The fourth-order valence-corrected chi connectivity index (χ4v) is 2.92. The quantitative estimate of drug-likeness (QED) is 0.426. The molecule has 0 unspecified atom stereocenters. The van der Waals surface area contributed by atoms with Crippen molar-refractivity contribution in [3.8, 4) is 0 Å². The lowest BCUT2D eigenvalue weighted by molar-refractivity contribution is -0.384. The van der Waals surface area contributed by atoms with Crippen LogP contribution in [0.1, 0.15) is 39.7 Å². The fourth-order valence-electron chi connectivity index (χ4n) is 2.92. The van der Waals surface area contributed by atoms with Crippen molar-refractivity contribution in [1.29, 1.82) is 0 Å². The monoisotopic (exact) mass is 442 g/mol. The number of nitro groups is 1. The number of hydrogen-bond donors (Lipinski definition) is 2. The van der Waals surface area contributed by atoms with Gasteiger partial charge in [0.1, 0.15) is 11.3 Å². The highest BCUT2D eigenvalue weighted by atomic mass is 16.6. The Hall–Kier alpha value is -3.62. The van der Waals surface area contributed by atoms with Crippen LogP contribution in [0.15, 0.2) is 48.5 Å². The summed E-state index contributed by atoms with van der Waals surface area (Å²) in [6.45, 7) is 8.27. The Kier molecular flexibility index (Phi) is 8.57. The van der Waals surface area contributed by atoms with Gasteiger partial charge in [-0.25, -0.2) is 4.79 Å². The number of carbonyl (C=O) groups is 2. The molecule has 0 heterocycles. The van der Waals surface area contributed by atoms with Crippen LogP contribution in [0, 0.1) is 10.1 Å². The number of nitrogens with one attached hydrogen (secondary N) is 2. The minimum absolute atomic E-state index is 0.0416. The molecule has 0 aromatic heterocycles. The van der Waals surface area contributed by atoms with E-state index in [1.54, 1.807) is 35.2 Å². The number of hydrogen-bond acceptors (Lipinski definition) is 6. The molecule has 0 bridgehead atoms. The second kappa shape index (κ2) is 11.1. The van der Waals surface area contributed by atoms with Crippen molar-refractivity contribution in [3.63, 3.8) is 0 Å². The summed E-state index contributed by atoms with van der Waals surface area (Å²) in [6.07, 6.45) is -0.306. The molecule has 9 nitrogen and oxygen atoms in total. The van der Waals surface area contributed by atoms with Crippen LogP contribution in [-0.2, 0) is 16.1 Å². The molecule has 0 radical (unpaired) electrons. The summed E-state index contributed by atoms with van der Waals surface area (Å²) in [5, 5.41) is 16.9. The third-order valence-corrected chi connectivity index (χ3v) is 4.45. The lowest BCUT2D eigenvalue weighted by Gasteiger charge is -2.27. The number of nitro benzene ring substituents is 1. The van der Waals surface area contributed by atoms with Crippen LogP contribution in [-0.4, -0.2) is 40.5 Å². The first-order chi connectivity index (χ1) is 15.1. The van der Waals surface area contributed by atoms with Gasteiger partial charge in [0, 0.05) is 31.3 Å². The molecule has 2 rings (SSSR count). The Balaban J connectivity index is 1.98. The number of carbonyl (C=O) groups excluding carboxylic acids is 2. The molecule has 2 aromatic rings. The molecule has 0 spiro atoms. The average Bonchev–Trinajstić information content (AvgIpc) is 2.72. The van der Waals surface area contributed by atoms with Crippen molar-refractivity contribution < 1.29 is 19.2 Å². The van der Waals surface area contributed by atoms with E-state index in [4.69, 9.17) is 4.74 Å². The zero-order valence-corrected chi connectivity index (χ0v) is 18.9. The van der Waals surface area contributed by atoms with Crippen molar-refractivity contribution in [2.24, 2.45) is 0 Å². The molecular weight excluding hydrogens is 412 g/mol. The smallest absolute Gasteiger partial charge is 0.410 e. The standard InChI is InChI=1S/C23H30N4O5/c1-5-26(22(29)32-23(2,3)4)16-17-10-6-7-11-18(17)25-21(28)14-15-24-19-12-8-9-13-20(19)27(30)31/h6-13,24H,5,14-16H2,1-4H3,(H,25,28). The highest BCUT2D eigenvalue weighted by Crippen LogP contribution is 2.23. The second-order valence-corrected chi connectivity index (χ2v) is 8.15. The summed E-state index contributed by atoms with van der Waals surface area (Å²) in [7, 11) is 0. The van der Waals surface area contributed by atoms with Gasteiger partial charge in [0.15, 0.2) is 0 Å². The molecule has 0 saturated heterocycles. The maximum absolute atomic E-state index is 12.5. The number of nitrogens with zero attached hydrogens (tertiary/aromatic N) is 2. The molecule has 2 aromatic carbocycles. The molecule has 2 N–H and O–H groups in total. The zero-order chi connectivity index (χ0) is 23.7. The van der Waals surface area contributed by atoms with Crippen molar-refractivity contribution >= 4 is 29.1 Å². The van der Waals surface area contributed by atoms with E-state index >= 15 is 0 Å². The third kappa shape index (κ3) is 7.57. The molecule has 0 fully saturated rings. The molecule has 0 aliphatic carbocycles. The van der Waals surface area contributed by atoms with Crippen molar-refractivity contribution in [2.75, 3.05) is 23.7 Å². The molecule has 0 aliphatic heterocycles. The first-order valence-electron chi connectivity index (χ1n) is 10.4. The van der Waals surface area contributed by atoms with Gasteiger partial charge in [0.2, 0.25) is 5.91 Å². The largest absolute Gasteiger partial charge is 0.444 e. The summed E-state index contributed by atoms with van der Waals surface area (Å²) >= 11 is 0. The summed E-state index contributed by atoms with van der Waals surface area (Å²) in [4.78, 5) is 37.1. The van der Waals surface area contributed by atoms with Gasteiger partial charge in [0.05, 0.1) is 11.5 Å². The zero-order valence-electron chi connectivity index (χ0n) is 18.9. The molecule has 0 atom stereocenters. The number of anilines is 2. The molecule has 32 heavy (non-hydrogen) atoms. The van der Waals surface area contributed by atoms with E-state index in [2.05, 4.69) is 10.6 Å². The number of para-hydroxylation sites is 3. The van der Waals surface area contributed by atoms with Gasteiger partial charge in [0.25, 0.3) is 5.69 Å². The number of ether oxygens (including phenoxy) is 1. The van der Waals surface area contributed by atoms with Crippen molar-refractivity contribution in [2.45, 2.75) is 46.3 Å². The number of benzene rings is 2. The molecule has 2 amide bonds. The SMILES string of the molecule is CCN(Cc1ccccc1NC(=O)CCNc1ccccc1[N+](=O)[O-])C(=O)OC(C)(C)C. The van der Waals surface area contributed by atoms with E-state index in [9.17, 15) is 19.7 Å². The van der Waals surface area contributed by atoms with Crippen molar-refractivity contribution in [3.05, 3.63) is 64.2 Å². The maximum atomic E-state index is 12.5. The van der Waals surface area contributed by atoms with E-state index < -0.39 is 16.6 Å². The predicted molar refractivity (Wildman–Crippen MR) is 124 cm³/mol. The molecule has 172 valence electrons. The number of rotatable bonds is 9. The van der Waals surface area contributed by atoms with E-state index in [1.165, 1.54) is 6.07 Å². The molecule has 0 aliphatic rings. The molecule has 9 heteroatoms. The predicted octanol–water partition coefficient (Wildman–Crippen LogP) is 4.79. The van der Waals surface area contributed by atoms with Gasteiger partial charge in [-0.15, -0.1) is 0 Å². The number of amides is 2. The van der Waals surface area contributed by atoms with Crippen LogP contribution < -0.4 is 10.6 Å². The van der Waals surface area contributed by atoms with Crippen LogP contribution in [0.3, 0.4) is 0 Å². The first kappa shape index (κ1) is 24.6. The van der Waals surface area contributed by atoms with Gasteiger partial charge >= 0.3 is 6.09 Å². The summed E-state index contributed by atoms with van der Waals surface area (Å²) in [6, 6.07) is 13.5.